The number of halogens is 3. The Morgan fingerprint density at radius 2 is 1.90 bits per heavy atom. The molecule has 0 heterocycles. The molecule has 2 N–H and O–H groups in total. The first-order valence-corrected chi connectivity index (χ1v) is 6.81. The molecule has 118 valence electrons. The summed E-state index contributed by atoms with van der Waals surface area (Å²) in [7, 11) is 0. The SMILES string of the molecule is CC(C)CN(CC(F)(F)F)C(=O)C(C)c1cccc(N)c1. The molecule has 1 aromatic rings. The predicted molar refractivity (Wildman–Crippen MR) is 76.7 cm³/mol. The summed E-state index contributed by atoms with van der Waals surface area (Å²) >= 11 is 0. The molecule has 0 fully saturated rings. The van der Waals surface area contributed by atoms with Gasteiger partial charge >= 0.3 is 6.18 Å². The third kappa shape index (κ3) is 5.65. The summed E-state index contributed by atoms with van der Waals surface area (Å²) in [6.07, 6.45) is -4.40. The predicted octanol–water partition coefficient (Wildman–Crippen LogP) is 3.42. The second kappa shape index (κ2) is 6.83. The third-order valence-electron chi connectivity index (χ3n) is 3.05. The van der Waals surface area contributed by atoms with Crippen LogP contribution in [0.2, 0.25) is 0 Å². The van der Waals surface area contributed by atoms with Crippen LogP contribution in [0.1, 0.15) is 32.3 Å². The van der Waals surface area contributed by atoms with Crippen molar-refractivity contribution in [2.45, 2.75) is 32.9 Å². The molecule has 0 saturated heterocycles. The number of benzene rings is 1. The monoisotopic (exact) mass is 302 g/mol. The number of carbonyl (C=O) groups excluding carboxylic acids is 1. The quantitative estimate of drug-likeness (QED) is 0.847. The zero-order chi connectivity index (χ0) is 16.2. The first-order chi connectivity index (χ1) is 9.60. The summed E-state index contributed by atoms with van der Waals surface area (Å²) in [6, 6.07) is 6.66. The van der Waals surface area contributed by atoms with E-state index < -0.39 is 24.5 Å². The van der Waals surface area contributed by atoms with Crippen LogP contribution in [0.3, 0.4) is 0 Å². The van der Waals surface area contributed by atoms with Gasteiger partial charge in [-0.15, -0.1) is 0 Å². The van der Waals surface area contributed by atoms with E-state index in [1.54, 1.807) is 45.0 Å². The lowest BCUT2D eigenvalue weighted by atomic mass is 9.98. The van der Waals surface area contributed by atoms with Crippen LogP contribution in [-0.4, -0.2) is 30.1 Å². The lowest BCUT2D eigenvalue weighted by Crippen LogP contribution is -2.42. The Hall–Kier alpha value is -1.72. The highest BCUT2D eigenvalue weighted by atomic mass is 19.4. The van der Waals surface area contributed by atoms with Crippen molar-refractivity contribution in [3.8, 4) is 0 Å². The van der Waals surface area contributed by atoms with Crippen LogP contribution in [-0.2, 0) is 4.79 Å². The van der Waals surface area contributed by atoms with E-state index in [1.807, 2.05) is 0 Å². The van der Waals surface area contributed by atoms with Crippen molar-refractivity contribution in [3.05, 3.63) is 29.8 Å². The first-order valence-electron chi connectivity index (χ1n) is 6.81. The molecule has 0 spiro atoms. The van der Waals surface area contributed by atoms with Crippen LogP contribution in [0.4, 0.5) is 18.9 Å². The first kappa shape index (κ1) is 17.3. The number of hydrogen-bond acceptors (Lipinski definition) is 2. The summed E-state index contributed by atoms with van der Waals surface area (Å²) in [5, 5.41) is 0. The minimum absolute atomic E-state index is 0.0376. The molecule has 1 rings (SSSR count). The fraction of sp³-hybridized carbons (Fsp3) is 0.533. The van der Waals surface area contributed by atoms with E-state index in [2.05, 4.69) is 0 Å². The molecule has 0 aliphatic carbocycles. The number of nitrogens with two attached hydrogens (primary N) is 1. The van der Waals surface area contributed by atoms with Crippen LogP contribution in [0.25, 0.3) is 0 Å². The fourth-order valence-electron chi connectivity index (χ4n) is 2.13. The molecule has 0 bridgehead atoms. The Morgan fingerprint density at radius 3 is 2.38 bits per heavy atom. The van der Waals surface area contributed by atoms with Gasteiger partial charge < -0.3 is 10.6 Å². The standard InChI is InChI=1S/C15H21F3N2O/c1-10(2)8-20(9-15(16,17)18)14(21)11(3)12-5-4-6-13(19)7-12/h4-7,10-11H,8-9,19H2,1-3H3. The highest BCUT2D eigenvalue weighted by Crippen LogP contribution is 2.24. The van der Waals surface area contributed by atoms with Crippen LogP contribution >= 0.6 is 0 Å². The zero-order valence-electron chi connectivity index (χ0n) is 12.4. The topological polar surface area (TPSA) is 46.3 Å². The number of carbonyl (C=O) groups is 1. The average Bonchev–Trinajstić information content (AvgIpc) is 2.34. The molecule has 3 nitrogen and oxygen atoms in total. The van der Waals surface area contributed by atoms with Gasteiger partial charge in [0.05, 0.1) is 5.92 Å². The molecular weight excluding hydrogens is 281 g/mol. The van der Waals surface area contributed by atoms with Gasteiger partial charge in [-0.05, 0) is 30.5 Å². The van der Waals surface area contributed by atoms with Gasteiger partial charge in [0.15, 0.2) is 0 Å². The smallest absolute Gasteiger partial charge is 0.399 e. The van der Waals surface area contributed by atoms with Gasteiger partial charge in [-0.25, -0.2) is 0 Å². The number of amides is 1. The lowest BCUT2D eigenvalue weighted by molar-refractivity contribution is -0.162. The van der Waals surface area contributed by atoms with E-state index in [-0.39, 0.29) is 12.5 Å². The van der Waals surface area contributed by atoms with Crippen LogP contribution in [0.5, 0.6) is 0 Å². The Labute approximate surface area is 122 Å². The minimum Gasteiger partial charge on any atom is -0.399 e. The van der Waals surface area contributed by atoms with Gasteiger partial charge in [0, 0.05) is 12.2 Å². The van der Waals surface area contributed by atoms with Gasteiger partial charge in [0.2, 0.25) is 5.91 Å². The van der Waals surface area contributed by atoms with Crippen molar-refractivity contribution in [1.82, 2.24) is 4.90 Å². The molecule has 0 saturated carbocycles. The molecule has 6 heteroatoms. The van der Waals surface area contributed by atoms with Gasteiger partial charge in [0.1, 0.15) is 6.54 Å². The molecule has 21 heavy (non-hydrogen) atoms. The van der Waals surface area contributed by atoms with E-state index in [0.717, 1.165) is 4.90 Å². The molecule has 0 aromatic heterocycles. The number of alkyl halides is 3. The number of nitrogens with zero attached hydrogens (tertiary/aromatic N) is 1. The summed E-state index contributed by atoms with van der Waals surface area (Å²) in [5.74, 6) is -1.23. The van der Waals surface area contributed by atoms with Crippen LogP contribution < -0.4 is 5.73 Å². The normalized spacial score (nSPS) is 13.3. The van der Waals surface area contributed by atoms with Crippen molar-refractivity contribution >= 4 is 11.6 Å². The van der Waals surface area contributed by atoms with Crippen molar-refractivity contribution in [2.75, 3.05) is 18.8 Å². The fourth-order valence-corrected chi connectivity index (χ4v) is 2.13. The second-order valence-corrected chi connectivity index (χ2v) is 5.62. The Bertz CT molecular complexity index is 486. The summed E-state index contributed by atoms with van der Waals surface area (Å²) in [4.78, 5) is 13.2. The zero-order valence-corrected chi connectivity index (χ0v) is 12.4. The Morgan fingerprint density at radius 1 is 1.29 bits per heavy atom. The van der Waals surface area contributed by atoms with Crippen LogP contribution in [0, 0.1) is 5.92 Å². The molecular formula is C15H21F3N2O. The van der Waals surface area contributed by atoms with Gasteiger partial charge in [-0.1, -0.05) is 26.0 Å². The summed E-state index contributed by atoms with van der Waals surface area (Å²) in [6.45, 7) is 4.01. The molecule has 1 unspecified atom stereocenters. The van der Waals surface area contributed by atoms with Gasteiger partial charge in [-0.2, -0.15) is 13.2 Å². The molecule has 1 aromatic carbocycles. The lowest BCUT2D eigenvalue weighted by Gasteiger charge is -2.28. The van der Waals surface area contributed by atoms with Crippen molar-refractivity contribution in [3.63, 3.8) is 0 Å². The van der Waals surface area contributed by atoms with Crippen molar-refractivity contribution in [1.29, 1.82) is 0 Å². The molecule has 0 radical (unpaired) electrons. The third-order valence-corrected chi connectivity index (χ3v) is 3.05. The van der Waals surface area contributed by atoms with Gasteiger partial charge in [-0.3, -0.25) is 4.79 Å². The maximum atomic E-state index is 12.6. The van der Waals surface area contributed by atoms with Gasteiger partial charge in [0.25, 0.3) is 0 Å². The minimum atomic E-state index is -4.40. The Balaban J connectivity index is 2.93. The Kier molecular flexibility index (Phi) is 5.63. The van der Waals surface area contributed by atoms with E-state index >= 15 is 0 Å². The maximum Gasteiger partial charge on any atom is 0.406 e. The number of rotatable bonds is 5. The average molecular weight is 302 g/mol. The van der Waals surface area contributed by atoms with E-state index in [1.165, 1.54) is 0 Å². The highest BCUT2D eigenvalue weighted by molar-refractivity contribution is 5.83. The van der Waals surface area contributed by atoms with E-state index in [9.17, 15) is 18.0 Å². The number of nitrogen functional groups attached to an aromatic ring is 1. The van der Waals surface area contributed by atoms with Crippen molar-refractivity contribution in [2.24, 2.45) is 5.92 Å². The largest absolute Gasteiger partial charge is 0.406 e. The van der Waals surface area contributed by atoms with E-state index in [0.29, 0.717) is 11.3 Å². The maximum absolute atomic E-state index is 12.6. The molecule has 1 amide bonds. The summed E-state index contributed by atoms with van der Waals surface area (Å²) < 4.78 is 37.9. The number of hydrogen-bond donors (Lipinski definition) is 1. The summed E-state index contributed by atoms with van der Waals surface area (Å²) in [5.41, 5.74) is 6.76. The molecule has 0 aliphatic heterocycles. The van der Waals surface area contributed by atoms with Crippen molar-refractivity contribution < 1.29 is 18.0 Å². The number of anilines is 1. The van der Waals surface area contributed by atoms with E-state index in [4.69, 9.17) is 5.73 Å². The van der Waals surface area contributed by atoms with Crippen LogP contribution in [0.15, 0.2) is 24.3 Å². The molecule has 1 atom stereocenters. The second-order valence-electron chi connectivity index (χ2n) is 5.62. The molecule has 0 aliphatic rings. The highest BCUT2D eigenvalue weighted by Gasteiger charge is 2.34.